The van der Waals surface area contributed by atoms with Crippen LogP contribution in [0.1, 0.15) is 24.5 Å². The van der Waals surface area contributed by atoms with E-state index in [4.69, 9.17) is 9.47 Å². The highest BCUT2D eigenvalue weighted by Gasteiger charge is 2.20. The number of benzene rings is 2. The Bertz CT molecular complexity index is 882. The molecule has 0 radical (unpaired) electrons. The van der Waals surface area contributed by atoms with Crippen LogP contribution >= 0.6 is 0 Å². The van der Waals surface area contributed by atoms with Crippen molar-refractivity contribution >= 4 is 23.3 Å². The van der Waals surface area contributed by atoms with Crippen LogP contribution in [0, 0.1) is 0 Å². The Kier molecular flexibility index (Phi) is 6.03. The summed E-state index contributed by atoms with van der Waals surface area (Å²) in [6.07, 6.45) is 1.33. The molecule has 3 amide bonds. The molecule has 1 aliphatic rings. The zero-order valence-electron chi connectivity index (χ0n) is 16.4. The zero-order valence-corrected chi connectivity index (χ0v) is 16.4. The lowest BCUT2D eigenvalue weighted by molar-refractivity contribution is -0.131. The van der Waals surface area contributed by atoms with E-state index in [2.05, 4.69) is 10.6 Å². The van der Waals surface area contributed by atoms with Crippen molar-refractivity contribution in [3.63, 3.8) is 0 Å². The lowest BCUT2D eigenvalue weighted by atomic mass is 9.99. The van der Waals surface area contributed by atoms with Crippen molar-refractivity contribution in [3.8, 4) is 11.5 Å². The molecule has 0 spiro atoms. The van der Waals surface area contributed by atoms with Gasteiger partial charge in [0.1, 0.15) is 0 Å². The summed E-state index contributed by atoms with van der Waals surface area (Å²) in [5, 5.41) is 5.62. The Morgan fingerprint density at radius 2 is 1.64 bits per heavy atom. The van der Waals surface area contributed by atoms with Crippen LogP contribution in [0.2, 0.25) is 0 Å². The molecule has 0 aliphatic carbocycles. The van der Waals surface area contributed by atoms with Crippen LogP contribution in [0.25, 0.3) is 0 Å². The van der Waals surface area contributed by atoms with Gasteiger partial charge in [0.15, 0.2) is 11.5 Å². The number of methoxy groups -OCH3 is 2. The molecule has 0 unspecified atom stereocenters. The fraction of sp³-hybridized carbons (Fsp3) is 0.333. The molecule has 3 rings (SSSR count). The second-order valence-corrected chi connectivity index (χ2v) is 6.55. The third kappa shape index (κ3) is 4.36. The van der Waals surface area contributed by atoms with E-state index in [1.54, 1.807) is 32.4 Å². The van der Waals surface area contributed by atoms with Crippen molar-refractivity contribution in [2.45, 2.75) is 26.3 Å². The van der Waals surface area contributed by atoms with Gasteiger partial charge in [0, 0.05) is 37.0 Å². The second kappa shape index (κ2) is 8.65. The summed E-state index contributed by atoms with van der Waals surface area (Å²) in [5.74, 6) is 1.28. The number of amides is 3. The average molecular weight is 383 g/mol. The van der Waals surface area contributed by atoms with E-state index in [0.29, 0.717) is 35.8 Å². The first-order valence-electron chi connectivity index (χ1n) is 9.23. The summed E-state index contributed by atoms with van der Waals surface area (Å²) >= 11 is 0. The molecule has 2 aromatic rings. The van der Waals surface area contributed by atoms with Gasteiger partial charge in [0.2, 0.25) is 5.91 Å². The third-order valence-corrected chi connectivity index (χ3v) is 4.77. The molecule has 28 heavy (non-hydrogen) atoms. The van der Waals surface area contributed by atoms with Crippen molar-refractivity contribution in [3.05, 3.63) is 47.5 Å². The van der Waals surface area contributed by atoms with Gasteiger partial charge in [0.05, 0.1) is 14.2 Å². The minimum atomic E-state index is -0.357. The number of hydrogen-bond donors (Lipinski definition) is 2. The minimum absolute atomic E-state index is 0.148. The lowest BCUT2D eigenvalue weighted by Crippen LogP contribution is -2.35. The predicted octanol–water partition coefficient (Wildman–Crippen LogP) is 3.64. The highest BCUT2D eigenvalue weighted by molar-refractivity contribution is 6.00. The average Bonchev–Trinajstić information content (AvgIpc) is 2.72. The summed E-state index contributed by atoms with van der Waals surface area (Å²) in [6, 6.07) is 10.6. The fourth-order valence-electron chi connectivity index (χ4n) is 3.28. The van der Waals surface area contributed by atoms with Crippen molar-refractivity contribution in [2.75, 3.05) is 31.4 Å². The maximum atomic E-state index is 12.4. The molecule has 2 aromatic carbocycles. The molecular weight excluding hydrogens is 358 g/mol. The first kappa shape index (κ1) is 19.5. The summed E-state index contributed by atoms with van der Waals surface area (Å²) in [7, 11) is 3.10. The van der Waals surface area contributed by atoms with Crippen LogP contribution in [0.5, 0.6) is 11.5 Å². The van der Waals surface area contributed by atoms with Gasteiger partial charge in [-0.1, -0.05) is 13.0 Å². The Balaban J connectivity index is 1.67. The van der Waals surface area contributed by atoms with Crippen LogP contribution in [0.3, 0.4) is 0 Å². The molecule has 0 bridgehead atoms. The third-order valence-electron chi connectivity index (χ3n) is 4.77. The molecular formula is C21H25N3O4. The number of ether oxygens (including phenoxy) is 2. The van der Waals surface area contributed by atoms with Crippen LogP contribution < -0.4 is 20.1 Å². The molecule has 0 saturated heterocycles. The molecule has 7 nitrogen and oxygen atoms in total. The SMILES string of the molecule is CCC(=O)N1CCc2ccc(NC(=O)Nc3ccc(OC)c(OC)c3)cc2C1. The van der Waals surface area contributed by atoms with Gasteiger partial charge < -0.3 is 25.0 Å². The largest absolute Gasteiger partial charge is 0.493 e. The van der Waals surface area contributed by atoms with Crippen LogP contribution in [-0.4, -0.2) is 37.6 Å². The zero-order chi connectivity index (χ0) is 20.1. The van der Waals surface area contributed by atoms with Gasteiger partial charge in [0.25, 0.3) is 0 Å². The van der Waals surface area contributed by atoms with Gasteiger partial charge in [-0.05, 0) is 41.8 Å². The number of nitrogens with zero attached hydrogens (tertiary/aromatic N) is 1. The molecule has 0 fully saturated rings. The van der Waals surface area contributed by atoms with Crippen LogP contribution in [-0.2, 0) is 17.8 Å². The van der Waals surface area contributed by atoms with Gasteiger partial charge in [-0.2, -0.15) is 0 Å². The van der Waals surface area contributed by atoms with E-state index in [0.717, 1.165) is 18.5 Å². The number of nitrogens with one attached hydrogen (secondary N) is 2. The highest BCUT2D eigenvalue weighted by Crippen LogP contribution is 2.30. The molecule has 148 valence electrons. The Morgan fingerprint density at radius 3 is 2.32 bits per heavy atom. The van der Waals surface area contributed by atoms with E-state index in [-0.39, 0.29) is 11.9 Å². The molecule has 1 heterocycles. The highest BCUT2D eigenvalue weighted by atomic mass is 16.5. The predicted molar refractivity (Wildman–Crippen MR) is 108 cm³/mol. The lowest BCUT2D eigenvalue weighted by Gasteiger charge is -2.29. The molecule has 0 saturated carbocycles. The normalized spacial score (nSPS) is 12.8. The van der Waals surface area contributed by atoms with Gasteiger partial charge >= 0.3 is 6.03 Å². The monoisotopic (exact) mass is 383 g/mol. The van der Waals surface area contributed by atoms with Crippen LogP contribution in [0.4, 0.5) is 16.2 Å². The Labute approximate surface area is 164 Å². The van der Waals surface area contributed by atoms with Gasteiger partial charge in [-0.15, -0.1) is 0 Å². The van der Waals surface area contributed by atoms with E-state index in [1.807, 2.05) is 30.0 Å². The quantitative estimate of drug-likeness (QED) is 0.826. The molecule has 0 aromatic heterocycles. The molecule has 1 aliphatic heterocycles. The number of fused-ring (bicyclic) bond motifs is 1. The number of carbonyl (C=O) groups excluding carboxylic acids is 2. The van der Waals surface area contributed by atoms with Crippen LogP contribution in [0.15, 0.2) is 36.4 Å². The topological polar surface area (TPSA) is 79.9 Å². The first-order chi connectivity index (χ1) is 13.5. The number of urea groups is 1. The van der Waals surface area contributed by atoms with E-state index >= 15 is 0 Å². The number of anilines is 2. The second-order valence-electron chi connectivity index (χ2n) is 6.55. The molecule has 0 atom stereocenters. The Hall–Kier alpha value is -3.22. The van der Waals surface area contributed by atoms with Crippen molar-refractivity contribution in [1.82, 2.24) is 4.90 Å². The standard InChI is InChI=1S/C21H25N3O4/c1-4-20(25)24-10-9-14-5-6-16(11-15(14)13-24)22-21(26)23-17-7-8-18(27-2)19(12-17)28-3/h5-8,11-12H,4,9-10,13H2,1-3H3,(H2,22,23,26). The van der Waals surface area contributed by atoms with Crippen molar-refractivity contribution < 1.29 is 19.1 Å². The molecule has 7 heteroatoms. The van der Waals surface area contributed by atoms with Gasteiger partial charge in [-0.25, -0.2) is 4.79 Å². The number of rotatable bonds is 5. The summed E-state index contributed by atoms with van der Waals surface area (Å²) in [6.45, 7) is 3.19. The van der Waals surface area contributed by atoms with E-state index < -0.39 is 0 Å². The van der Waals surface area contributed by atoms with E-state index in [1.165, 1.54) is 5.56 Å². The summed E-state index contributed by atoms with van der Waals surface area (Å²) in [4.78, 5) is 26.2. The fourth-order valence-corrected chi connectivity index (χ4v) is 3.28. The number of carbonyl (C=O) groups is 2. The van der Waals surface area contributed by atoms with Crippen molar-refractivity contribution in [1.29, 1.82) is 0 Å². The maximum Gasteiger partial charge on any atom is 0.323 e. The summed E-state index contributed by atoms with van der Waals surface area (Å²) in [5.41, 5.74) is 3.55. The molecule has 2 N–H and O–H groups in total. The minimum Gasteiger partial charge on any atom is -0.493 e. The number of hydrogen-bond acceptors (Lipinski definition) is 4. The maximum absolute atomic E-state index is 12.4. The Morgan fingerprint density at radius 1 is 0.964 bits per heavy atom. The summed E-state index contributed by atoms with van der Waals surface area (Å²) < 4.78 is 10.4. The smallest absolute Gasteiger partial charge is 0.323 e. The first-order valence-corrected chi connectivity index (χ1v) is 9.23. The van der Waals surface area contributed by atoms with E-state index in [9.17, 15) is 9.59 Å². The van der Waals surface area contributed by atoms with Crippen molar-refractivity contribution in [2.24, 2.45) is 0 Å². The van der Waals surface area contributed by atoms with Gasteiger partial charge in [-0.3, -0.25) is 4.79 Å².